The first-order valence-corrected chi connectivity index (χ1v) is 6.22. The maximum atomic E-state index is 10.6. The van der Waals surface area contributed by atoms with Gasteiger partial charge < -0.3 is 5.32 Å². The first-order chi connectivity index (χ1) is 6.87. The van der Waals surface area contributed by atoms with Crippen LogP contribution in [0.5, 0.6) is 0 Å². The Bertz CT molecular complexity index is 428. The summed E-state index contributed by atoms with van der Waals surface area (Å²) in [5, 5.41) is 7.93. The number of halogens is 1. The van der Waals surface area contributed by atoms with Crippen LogP contribution in [0.25, 0.3) is 0 Å². The van der Waals surface area contributed by atoms with Crippen LogP contribution in [0.4, 0.5) is 5.82 Å². The molecule has 0 spiro atoms. The van der Waals surface area contributed by atoms with Crippen molar-refractivity contribution in [2.75, 3.05) is 17.6 Å². The third-order valence-corrected chi connectivity index (χ3v) is 2.47. The van der Waals surface area contributed by atoms with Gasteiger partial charge in [-0.15, -0.1) is 0 Å². The van der Waals surface area contributed by atoms with Gasteiger partial charge >= 0.3 is 0 Å². The van der Waals surface area contributed by atoms with Crippen LogP contribution in [0, 0.1) is 6.92 Å². The molecule has 0 atom stereocenters. The van der Waals surface area contributed by atoms with Gasteiger partial charge in [0.15, 0.2) is 0 Å². The van der Waals surface area contributed by atoms with E-state index in [0.29, 0.717) is 16.8 Å². The highest BCUT2D eigenvalue weighted by molar-refractivity contribution is 7.89. The van der Waals surface area contributed by atoms with Gasteiger partial charge in [-0.05, 0) is 6.92 Å². The molecule has 8 heteroatoms. The first kappa shape index (κ1) is 12.2. The molecule has 0 saturated heterocycles. The molecule has 1 rings (SSSR count). The van der Waals surface area contributed by atoms with Gasteiger partial charge in [0.05, 0.1) is 5.75 Å². The van der Waals surface area contributed by atoms with Crippen LogP contribution < -0.4 is 10.5 Å². The topological polar surface area (TPSA) is 98.0 Å². The molecule has 0 aromatic carbocycles. The molecule has 1 heterocycles. The van der Waals surface area contributed by atoms with Crippen LogP contribution in [0.15, 0.2) is 6.07 Å². The predicted octanol–water partition coefficient (Wildman–Crippen LogP) is 0.139. The lowest BCUT2D eigenvalue weighted by atomic mass is 10.5. The van der Waals surface area contributed by atoms with E-state index in [0.717, 1.165) is 0 Å². The van der Waals surface area contributed by atoms with Crippen LogP contribution in [-0.4, -0.2) is 30.7 Å². The monoisotopic (exact) mass is 250 g/mol. The van der Waals surface area contributed by atoms with Gasteiger partial charge in [-0.1, -0.05) is 11.6 Å². The molecule has 0 saturated carbocycles. The lowest BCUT2D eigenvalue weighted by molar-refractivity contribution is 0.598. The summed E-state index contributed by atoms with van der Waals surface area (Å²) >= 11 is 5.68. The average Bonchev–Trinajstić information content (AvgIpc) is 1.99. The van der Waals surface area contributed by atoms with Gasteiger partial charge in [0.25, 0.3) is 0 Å². The summed E-state index contributed by atoms with van der Waals surface area (Å²) in [6.07, 6.45) is 0. The maximum absolute atomic E-state index is 10.6. The predicted molar refractivity (Wildman–Crippen MR) is 58.2 cm³/mol. The fourth-order valence-electron chi connectivity index (χ4n) is 0.943. The van der Waals surface area contributed by atoms with Crippen molar-refractivity contribution < 1.29 is 8.42 Å². The van der Waals surface area contributed by atoms with Crippen LogP contribution in [-0.2, 0) is 10.0 Å². The highest BCUT2D eigenvalue weighted by atomic mass is 35.5. The number of nitrogens with zero attached hydrogens (tertiary/aromatic N) is 2. The molecular weight excluding hydrogens is 240 g/mol. The molecule has 0 aliphatic rings. The molecule has 0 unspecified atom stereocenters. The minimum atomic E-state index is -3.45. The van der Waals surface area contributed by atoms with E-state index in [-0.39, 0.29) is 12.3 Å². The molecule has 3 N–H and O–H groups in total. The molecular formula is C7H11ClN4O2S. The van der Waals surface area contributed by atoms with E-state index in [1.54, 1.807) is 6.92 Å². The molecule has 1 aromatic heterocycles. The van der Waals surface area contributed by atoms with Gasteiger partial charge in [0.1, 0.15) is 16.8 Å². The molecule has 6 nitrogen and oxygen atoms in total. The van der Waals surface area contributed by atoms with Crippen molar-refractivity contribution in [3.8, 4) is 0 Å². The number of sulfonamides is 1. The van der Waals surface area contributed by atoms with E-state index in [1.807, 2.05) is 0 Å². The zero-order valence-electron chi connectivity index (χ0n) is 8.07. The quantitative estimate of drug-likeness (QED) is 0.741. The van der Waals surface area contributed by atoms with Crippen molar-refractivity contribution in [2.45, 2.75) is 6.92 Å². The SMILES string of the molecule is Cc1nc(Cl)cc(NCCS(N)(=O)=O)n1. The van der Waals surface area contributed by atoms with Crippen LogP contribution in [0.1, 0.15) is 5.82 Å². The van der Waals surface area contributed by atoms with E-state index in [9.17, 15) is 8.42 Å². The summed E-state index contributed by atoms with van der Waals surface area (Å²) < 4.78 is 21.3. The fraction of sp³-hybridized carbons (Fsp3) is 0.429. The Hall–Kier alpha value is -0.920. The Kier molecular flexibility index (Phi) is 3.83. The standard InChI is InChI=1S/C7H11ClN4O2S/c1-5-11-6(8)4-7(12-5)10-2-3-15(9,13)14/h4H,2-3H2,1H3,(H2,9,13,14)(H,10,11,12). The Labute approximate surface area is 92.9 Å². The van der Waals surface area contributed by atoms with E-state index in [4.69, 9.17) is 16.7 Å². The van der Waals surface area contributed by atoms with E-state index >= 15 is 0 Å². The Morgan fingerprint density at radius 3 is 2.73 bits per heavy atom. The zero-order valence-corrected chi connectivity index (χ0v) is 9.64. The fourth-order valence-corrected chi connectivity index (χ4v) is 1.56. The largest absolute Gasteiger partial charge is 0.369 e. The number of hydrogen-bond acceptors (Lipinski definition) is 5. The number of primary sulfonamides is 1. The number of rotatable bonds is 4. The maximum Gasteiger partial charge on any atom is 0.210 e. The number of aryl methyl sites for hydroxylation is 1. The Morgan fingerprint density at radius 2 is 2.20 bits per heavy atom. The van der Waals surface area contributed by atoms with Crippen molar-refractivity contribution in [2.24, 2.45) is 5.14 Å². The third kappa shape index (κ3) is 4.91. The van der Waals surface area contributed by atoms with Crippen molar-refractivity contribution in [1.29, 1.82) is 0 Å². The second kappa shape index (κ2) is 4.73. The molecule has 15 heavy (non-hydrogen) atoms. The molecule has 84 valence electrons. The van der Waals surface area contributed by atoms with Gasteiger partial charge in [-0.2, -0.15) is 0 Å². The van der Waals surface area contributed by atoms with Gasteiger partial charge in [0, 0.05) is 12.6 Å². The molecule has 0 aliphatic heterocycles. The minimum Gasteiger partial charge on any atom is -0.369 e. The van der Waals surface area contributed by atoms with E-state index in [1.165, 1.54) is 6.07 Å². The molecule has 1 aromatic rings. The molecule has 0 amide bonds. The van der Waals surface area contributed by atoms with Crippen molar-refractivity contribution in [1.82, 2.24) is 9.97 Å². The summed E-state index contributed by atoms with van der Waals surface area (Å²) in [5.41, 5.74) is 0. The number of aromatic nitrogens is 2. The number of nitrogens with one attached hydrogen (secondary N) is 1. The van der Waals surface area contributed by atoms with Gasteiger partial charge in [-0.3, -0.25) is 0 Å². The summed E-state index contributed by atoms with van der Waals surface area (Å²) in [6, 6.07) is 1.51. The van der Waals surface area contributed by atoms with Gasteiger partial charge in [0.2, 0.25) is 10.0 Å². The average molecular weight is 251 g/mol. The van der Waals surface area contributed by atoms with Gasteiger partial charge in [-0.25, -0.2) is 23.5 Å². The summed E-state index contributed by atoms with van der Waals surface area (Å²) in [7, 11) is -3.45. The van der Waals surface area contributed by atoms with E-state index in [2.05, 4.69) is 15.3 Å². The second-order valence-corrected chi connectivity index (χ2v) is 5.04. The third-order valence-electron chi connectivity index (χ3n) is 1.50. The lowest BCUT2D eigenvalue weighted by Gasteiger charge is -2.05. The molecule has 0 fully saturated rings. The zero-order chi connectivity index (χ0) is 11.5. The highest BCUT2D eigenvalue weighted by Crippen LogP contribution is 2.10. The van der Waals surface area contributed by atoms with E-state index < -0.39 is 10.0 Å². The molecule has 0 radical (unpaired) electrons. The second-order valence-electron chi connectivity index (χ2n) is 2.92. The number of nitrogens with two attached hydrogens (primary N) is 1. The summed E-state index contributed by atoms with van der Waals surface area (Å²) in [6.45, 7) is 1.88. The van der Waals surface area contributed by atoms with Crippen molar-refractivity contribution in [3.63, 3.8) is 0 Å². The molecule has 0 bridgehead atoms. The van der Waals surface area contributed by atoms with Crippen molar-refractivity contribution >= 4 is 27.4 Å². The smallest absolute Gasteiger partial charge is 0.210 e. The Balaban J connectivity index is 2.58. The number of anilines is 1. The Morgan fingerprint density at radius 1 is 1.53 bits per heavy atom. The normalized spacial score (nSPS) is 11.4. The van der Waals surface area contributed by atoms with Crippen LogP contribution in [0.3, 0.4) is 0 Å². The van der Waals surface area contributed by atoms with Crippen LogP contribution >= 0.6 is 11.6 Å². The number of hydrogen-bond donors (Lipinski definition) is 2. The molecule has 0 aliphatic carbocycles. The van der Waals surface area contributed by atoms with Crippen molar-refractivity contribution in [3.05, 3.63) is 17.0 Å². The van der Waals surface area contributed by atoms with Crippen LogP contribution in [0.2, 0.25) is 5.15 Å². The summed E-state index contributed by atoms with van der Waals surface area (Å²) in [4.78, 5) is 7.87. The summed E-state index contributed by atoms with van der Waals surface area (Å²) in [5.74, 6) is 0.838. The first-order valence-electron chi connectivity index (χ1n) is 4.12. The minimum absolute atomic E-state index is 0.159. The highest BCUT2D eigenvalue weighted by Gasteiger charge is 2.03. The lowest BCUT2D eigenvalue weighted by Crippen LogP contribution is -2.22.